The van der Waals surface area contributed by atoms with Gasteiger partial charge in [-0.3, -0.25) is 31.1 Å². The Kier molecular flexibility index (Phi) is 24.1. The van der Waals surface area contributed by atoms with Crippen molar-refractivity contribution in [3.63, 3.8) is 0 Å². The zero-order valence-corrected chi connectivity index (χ0v) is 52.5. The van der Waals surface area contributed by atoms with Gasteiger partial charge in [0.15, 0.2) is 13.2 Å². The maximum absolute atomic E-state index is 13.9. The number of carboxylic acid groups (broad SMARTS) is 2. The van der Waals surface area contributed by atoms with Crippen LogP contribution in [0.3, 0.4) is 0 Å². The first-order valence-corrected chi connectivity index (χ1v) is 27.9. The molecular weight excluding hydrogens is 1210 g/mol. The summed E-state index contributed by atoms with van der Waals surface area (Å²) in [5.41, 5.74) is 6.21. The summed E-state index contributed by atoms with van der Waals surface area (Å²) in [4.78, 5) is 73.3. The number of ether oxygens (including phenoxy) is 6. The topological polar surface area (TPSA) is 410 Å². The van der Waals surface area contributed by atoms with Crippen LogP contribution in [0.1, 0.15) is 31.8 Å². The molecule has 0 heterocycles. The van der Waals surface area contributed by atoms with Gasteiger partial charge in [-0.25, -0.2) is 36.0 Å². The van der Waals surface area contributed by atoms with Gasteiger partial charge in [0.05, 0.1) is 34.4 Å². The first-order valence-electron chi connectivity index (χ1n) is 25.0. The van der Waals surface area contributed by atoms with E-state index in [0.717, 1.165) is 12.2 Å². The first kappa shape index (κ1) is 68.6. The summed E-state index contributed by atoms with van der Waals surface area (Å²) in [5.74, 6) is -5.27. The van der Waals surface area contributed by atoms with E-state index in [4.69, 9.17) is 28.4 Å². The van der Waals surface area contributed by atoms with E-state index in [1.807, 2.05) is 0 Å². The van der Waals surface area contributed by atoms with E-state index in [9.17, 15) is 64.9 Å². The van der Waals surface area contributed by atoms with Gasteiger partial charge in [0, 0.05) is 59.5 Å². The molecule has 446 valence electrons. The molecule has 0 fully saturated rings. The van der Waals surface area contributed by atoms with Crippen LogP contribution in [0, 0.1) is 0 Å². The molecule has 8 N–H and O–H groups in total. The molecule has 2 aliphatic carbocycles. The minimum Gasteiger partial charge on any atom is -0.744 e. The summed E-state index contributed by atoms with van der Waals surface area (Å²) in [6.07, 6.45) is 0.541. The molecule has 0 spiro atoms. The van der Waals surface area contributed by atoms with Gasteiger partial charge < -0.3 is 58.4 Å². The summed E-state index contributed by atoms with van der Waals surface area (Å²) in [5, 5.41) is 38.3. The van der Waals surface area contributed by atoms with E-state index in [1.54, 1.807) is 48.5 Å². The van der Waals surface area contributed by atoms with Crippen LogP contribution < -0.4 is 101 Å². The average Bonchev–Trinajstić information content (AvgIpc) is 0.882. The molecular formula is C56H48N8Na2O20S2. The fourth-order valence-corrected chi connectivity index (χ4v) is 9.41. The van der Waals surface area contributed by atoms with Gasteiger partial charge in [0.25, 0.3) is 0 Å². The SMILES string of the molecule is COCCOC(=O)Nc1ccc(Nc2ccc3c(c2)C=C(S(=O)(=O)[O-])C(=NNc2ccc(-c4ccc(NN=C5C(=O)c6ccc(Nc7ccc(NC(=O)OCCOC)cc7)cc6C=C5S(=O)(=O)[O-])c(OCC(=O)O)c4)cc2OCC(=O)O)C3=O)cc1.[Na+].[Na+]. The molecule has 0 saturated heterocycles. The molecule has 88 heavy (non-hydrogen) atoms. The van der Waals surface area contributed by atoms with Crippen LogP contribution in [0.15, 0.2) is 141 Å². The van der Waals surface area contributed by atoms with Crippen molar-refractivity contribution in [3.8, 4) is 22.6 Å². The van der Waals surface area contributed by atoms with E-state index >= 15 is 0 Å². The number of rotatable bonds is 25. The van der Waals surface area contributed by atoms with E-state index < -0.39 is 90.4 Å². The number of amides is 2. The number of benzene rings is 6. The van der Waals surface area contributed by atoms with Crippen molar-refractivity contribution in [1.29, 1.82) is 0 Å². The molecule has 0 radical (unpaired) electrons. The number of hydrazone groups is 2. The standard InChI is InChI=1S/C56H50N8O20S2.2Na/c1-79-19-21-81-55(71)59-37-9-5-35(6-10-37)57-39-13-15-41-33(23-39)27-47(85(73,74)75)51(53(41)69)63-61-43-17-3-31(25-45(43)83-29-49(65)66)32-4-18-44(46(26-32)84-30-50(67)68)62-64-52-48(86(76,77)78)28-34-24-40(14-16-42(34)54(52)70)58-36-7-11-38(12-8-36)60-56(72)82-22-20-80-2;;/h3-18,23-28,57-58,61-62H,19-22,29-30H2,1-2H3,(H,59,71)(H,60,72)(H,65,66)(H,67,68)(H,73,74,75)(H,76,77,78);;/q;2*+1/p-2. The molecule has 0 atom stereocenters. The van der Waals surface area contributed by atoms with E-state index in [-0.39, 0.29) is 142 Å². The number of methoxy groups -OCH3 is 2. The second kappa shape index (κ2) is 30.9. The van der Waals surface area contributed by atoms with Crippen LogP contribution in [0.4, 0.5) is 55.1 Å². The second-order valence-corrected chi connectivity index (χ2v) is 20.7. The van der Waals surface area contributed by atoms with Crippen molar-refractivity contribution in [1.82, 2.24) is 0 Å². The number of ketones is 2. The first-order chi connectivity index (χ1) is 41.1. The number of nitrogens with one attached hydrogen (secondary N) is 6. The number of fused-ring (bicyclic) bond motifs is 2. The molecule has 8 rings (SSSR count). The summed E-state index contributed by atoms with van der Waals surface area (Å²) in [7, 11) is -7.86. The minimum atomic E-state index is -5.39. The van der Waals surface area contributed by atoms with Crippen LogP contribution in [0.25, 0.3) is 23.3 Å². The number of aliphatic carboxylic acids is 2. The Hall–Kier alpha value is -8.50. The Morgan fingerprint density at radius 2 is 0.841 bits per heavy atom. The fourth-order valence-electron chi connectivity index (χ4n) is 8.11. The fraction of sp³-hybridized carbons (Fsp3) is 0.143. The van der Waals surface area contributed by atoms with Crippen LogP contribution in [0.5, 0.6) is 11.5 Å². The zero-order valence-electron chi connectivity index (χ0n) is 46.9. The molecule has 32 heteroatoms. The molecule has 6 aromatic rings. The predicted octanol–water partition coefficient (Wildman–Crippen LogP) is 1.27. The molecule has 0 bridgehead atoms. The van der Waals surface area contributed by atoms with Gasteiger partial charge in [0.2, 0.25) is 11.6 Å². The van der Waals surface area contributed by atoms with Gasteiger partial charge in [0.1, 0.15) is 56.4 Å². The monoisotopic (exact) mass is 1260 g/mol. The number of nitrogens with zero attached hydrogens (tertiary/aromatic N) is 2. The van der Waals surface area contributed by atoms with Crippen molar-refractivity contribution in [2.24, 2.45) is 10.2 Å². The second-order valence-electron chi connectivity index (χ2n) is 18.0. The average molecular weight is 1260 g/mol. The predicted molar refractivity (Wildman–Crippen MR) is 310 cm³/mol. The third-order valence-electron chi connectivity index (χ3n) is 12.1. The van der Waals surface area contributed by atoms with E-state index in [0.29, 0.717) is 34.1 Å². The van der Waals surface area contributed by atoms with Crippen LogP contribution >= 0.6 is 0 Å². The number of hydrogen-bond acceptors (Lipinski definition) is 24. The maximum Gasteiger partial charge on any atom is 1.00 e. The van der Waals surface area contributed by atoms with Crippen molar-refractivity contribution in [2.75, 3.05) is 86.0 Å². The summed E-state index contributed by atoms with van der Waals surface area (Å²) >= 11 is 0. The number of carbonyl (C=O) groups is 6. The Balaban J connectivity index is 0.00000618. The van der Waals surface area contributed by atoms with Crippen molar-refractivity contribution >= 4 is 125 Å². The number of Topliss-reactive ketones (excluding diaryl/α,β-unsaturated/α-hetero) is 2. The van der Waals surface area contributed by atoms with Crippen LogP contribution in [-0.4, -0.2) is 137 Å². The van der Waals surface area contributed by atoms with Crippen LogP contribution in [0.2, 0.25) is 0 Å². The largest absolute Gasteiger partial charge is 1.00 e. The molecule has 0 aromatic heterocycles. The molecule has 2 amide bonds. The molecule has 28 nitrogen and oxygen atoms in total. The summed E-state index contributed by atoms with van der Waals surface area (Å²) in [6.45, 7) is -1.34. The van der Waals surface area contributed by atoms with Gasteiger partial charge in [-0.05, 0) is 144 Å². The number of hydrogen-bond donors (Lipinski definition) is 8. The Morgan fingerprint density at radius 1 is 0.489 bits per heavy atom. The number of carboxylic acids is 2. The van der Waals surface area contributed by atoms with Gasteiger partial charge in [-0.2, -0.15) is 10.2 Å². The summed E-state index contributed by atoms with van der Waals surface area (Å²) in [6, 6.07) is 29.4. The Bertz CT molecular complexity index is 3780. The smallest absolute Gasteiger partial charge is 0.744 e. The Labute approximate surface area is 545 Å². The van der Waals surface area contributed by atoms with Gasteiger partial charge >= 0.3 is 83.2 Å². The third kappa shape index (κ3) is 18.3. The number of carbonyl (C=O) groups excluding carboxylic acids is 4. The van der Waals surface area contributed by atoms with Crippen molar-refractivity contribution in [2.45, 2.75) is 0 Å². The molecule has 0 unspecified atom stereocenters. The third-order valence-corrected chi connectivity index (χ3v) is 13.8. The van der Waals surface area contributed by atoms with Crippen molar-refractivity contribution in [3.05, 3.63) is 153 Å². The van der Waals surface area contributed by atoms with E-state index in [1.165, 1.54) is 87.0 Å². The minimum absolute atomic E-state index is 0. The zero-order chi connectivity index (χ0) is 61.7. The van der Waals surface area contributed by atoms with E-state index in [2.05, 4.69) is 42.3 Å². The number of allylic oxidation sites excluding steroid dienone is 2. The maximum atomic E-state index is 13.9. The van der Waals surface area contributed by atoms with Gasteiger partial charge in [-0.1, -0.05) is 12.1 Å². The summed E-state index contributed by atoms with van der Waals surface area (Å²) < 4.78 is 107. The number of anilines is 8. The van der Waals surface area contributed by atoms with Crippen molar-refractivity contribution < 1.29 is 152 Å². The molecule has 6 aromatic carbocycles. The van der Waals surface area contributed by atoms with Crippen LogP contribution in [-0.2, 0) is 48.8 Å². The normalized spacial score (nSPS) is 13.4. The molecule has 2 aliphatic rings. The molecule has 0 aliphatic heterocycles. The van der Waals surface area contributed by atoms with Gasteiger partial charge in [-0.15, -0.1) is 0 Å². The Morgan fingerprint density at radius 3 is 1.18 bits per heavy atom. The molecule has 0 saturated carbocycles. The quantitative estimate of drug-likeness (QED) is 0.0173.